The second-order valence-electron chi connectivity index (χ2n) is 5.25. The Morgan fingerprint density at radius 3 is 2.81 bits per heavy atom. The van der Waals surface area contributed by atoms with Gasteiger partial charge in [0.25, 0.3) is 0 Å². The lowest BCUT2D eigenvalue weighted by Crippen LogP contribution is -2.29. The summed E-state index contributed by atoms with van der Waals surface area (Å²) >= 11 is 7.63. The quantitative estimate of drug-likeness (QED) is 0.569. The molecule has 0 unspecified atom stereocenters. The highest BCUT2D eigenvalue weighted by Gasteiger charge is 2.24. The lowest BCUT2D eigenvalue weighted by Gasteiger charge is -2.36. The van der Waals surface area contributed by atoms with Crippen LogP contribution < -0.4 is 4.31 Å². The minimum Gasteiger partial charge on any atom is -0.271 e. The fourth-order valence-electron chi connectivity index (χ4n) is 2.52. The summed E-state index contributed by atoms with van der Waals surface area (Å²) in [5.41, 5.74) is 5.16. The zero-order valence-corrected chi connectivity index (χ0v) is 13.7. The van der Waals surface area contributed by atoms with Gasteiger partial charge in [-0.2, -0.15) is 0 Å². The summed E-state index contributed by atoms with van der Waals surface area (Å²) in [7, 11) is 0. The van der Waals surface area contributed by atoms with Gasteiger partial charge in [0.15, 0.2) is 0 Å². The fourth-order valence-corrected chi connectivity index (χ4v) is 3.75. The van der Waals surface area contributed by atoms with Gasteiger partial charge in [-0.05, 0) is 42.7 Å². The molecule has 4 heteroatoms. The van der Waals surface area contributed by atoms with Crippen molar-refractivity contribution in [3.8, 4) is 0 Å². The van der Waals surface area contributed by atoms with Crippen molar-refractivity contribution >= 4 is 35.1 Å². The summed E-state index contributed by atoms with van der Waals surface area (Å²) in [6, 6.07) is 17.3. The maximum absolute atomic E-state index is 5.85. The highest BCUT2D eigenvalue weighted by molar-refractivity contribution is 7.98. The van der Waals surface area contributed by atoms with Crippen LogP contribution in [0.2, 0.25) is 0 Å². The molecule has 0 aromatic heterocycles. The van der Waals surface area contributed by atoms with Gasteiger partial charge >= 0.3 is 0 Å². The third-order valence-electron chi connectivity index (χ3n) is 3.53. The van der Waals surface area contributed by atoms with Gasteiger partial charge < -0.3 is 0 Å². The van der Waals surface area contributed by atoms with Gasteiger partial charge in [-0.3, -0.25) is 4.31 Å². The van der Waals surface area contributed by atoms with Crippen molar-refractivity contribution in [3.63, 3.8) is 0 Å². The second-order valence-corrected chi connectivity index (χ2v) is 6.67. The Bertz CT molecular complexity index is 617. The molecule has 0 bridgehead atoms. The van der Waals surface area contributed by atoms with Gasteiger partial charge in [-0.15, -0.1) is 11.6 Å². The normalized spacial score (nSPS) is 15.0. The molecule has 0 radical (unpaired) electrons. The highest BCUT2D eigenvalue weighted by Crippen LogP contribution is 2.41. The van der Waals surface area contributed by atoms with Crippen LogP contribution in [0.5, 0.6) is 0 Å². The number of nitrogens with zero attached hydrogens (tertiary/aromatic N) is 2. The number of hydrogen-bond donors (Lipinski definition) is 0. The molecule has 2 aromatic carbocycles. The van der Waals surface area contributed by atoms with Crippen molar-refractivity contribution in [2.45, 2.75) is 19.9 Å². The Labute approximate surface area is 136 Å². The molecular formula is C17H19ClN2S. The Hall–Kier alpha value is -1.16. The SMILES string of the molecule is Cc1cccc(N2SN(CCCCl)Cc3ccccc32)c1. The third kappa shape index (κ3) is 3.37. The molecule has 0 saturated heterocycles. The summed E-state index contributed by atoms with van der Waals surface area (Å²) in [6.45, 7) is 4.11. The number of aryl methyl sites for hydroxylation is 1. The highest BCUT2D eigenvalue weighted by atomic mass is 35.5. The Kier molecular flexibility index (Phi) is 4.73. The van der Waals surface area contributed by atoms with Crippen LogP contribution in [0.25, 0.3) is 0 Å². The molecule has 2 nitrogen and oxygen atoms in total. The molecule has 0 spiro atoms. The maximum Gasteiger partial charge on any atom is 0.0582 e. The summed E-state index contributed by atoms with van der Waals surface area (Å²) < 4.78 is 4.70. The van der Waals surface area contributed by atoms with Gasteiger partial charge in [-0.1, -0.05) is 30.3 Å². The average molecular weight is 319 g/mol. The summed E-state index contributed by atoms with van der Waals surface area (Å²) in [6.07, 6.45) is 1.01. The van der Waals surface area contributed by atoms with Gasteiger partial charge in [0.2, 0.25) is 0 Å². The van der Waals surface area contributed by atoms with Crippen LogP contribution in [0, 0.1) is 6.92 Å². The van der Waals surface area contributed by atoms with E-state index in [9.17, 15) is 0 Å². The lowest BCUT2D eigenvalue weighted by molar-refractivity contribution is 0.461. The van der Waals surface area contributed by atoms with Crippen molar-refractivity contribution < 1.29 is 0 Å². The Morgan fingerprint density at radius 1 is 1.14 bits per heavy atom. The van der Waals surface area contributed by atoms with E-state index in [1.54, 1.807) is 12.1 Å². The predicted molar refractivity (Wildman–Crippen MR) is 93.1 cm³/mol. The minimum absolute atomic E-state index is 0.711. The molecule has 0 amide bonds. The fraction of sp³-hybridized carbons (Fsp3) is 0.294. The molecule has 3 rings (SSSR count). The van der Waals surface area contributed by atoms with E-state index in [0.717, 1.165) is 19.5 Å². The number of halogens is 1. The monoisotopic (exact) mass is 318 g/mol. The van der Waals surface area contributed by atoms with Crippen LogP contribution in [0.3, 0.4) is 0 Å². The zero-order chi connectivity index (χ0) is 14.7. The largest absolute Gasteiger partial charge is 0.271 e. The van der Waals surface area contributed by atoms with Gasteiger partial charge in [0.1, 0.15) is 0 Å². The predicted octanol–water partition coefficient (Wildman–Crippen LogP) is 5.14. The third-order valence-corrected chi connectivity index (χ3v) is 4.91. The molecular weight excluding hydrogens is 300 g/mol. The first-order valence-electron chi connectivity index (χ1n) is 7.21. The summed E-state index contributed by atoms with van der Waals surface area (Å²) in [5.74, 6) is 0.711. The number of alkyl halides is 1. The number of anilines is 2. The molecule has 2 aromatic rings. The molecule has 0 fully saturated rings. The molecule has 1 aliphatic rings. The van der Waals surface area contributed by atoms with E-state index < -0.39 is 0 Å². The molecule has 0 saturated carbocycles. The number of hydrogen-bond acceptors (Lipinski definition) is 3. The number of benzene rings is 2. The topological polar surface area (TPSA) is 6.48 Å². The van der Waals surface area contributed by atoms with E-state index in [0.29, 0.717) is 5.88 Å². The van der Waals surface area contributed by atoms with E-state index in [-0.39, 0.29) is 0 Å². The lowest BCUT2D eigenvalue weighted by atomic mass is 10.1. The first-order valence-corrected chi connectivity index (χ1v) is 8.48. The molecule has 0 atom stereocenters. The average Bonchev–Trinajstić information content (AvgIpc) is 2.52. The Morgan fingerprint density at radius 2 is 2.00 bits per heavy atom. The molecule has 0 N–H and O–H groups in total. The molecule has 21 heavy (non-hydrogen) atoms. The standard InChI is InChI=1S/C17H19ClN2S/c1-14-6-4-8-16(12-14)20-17-9-3-2-7-15(17)13-19(21-20)11-5-10-18/h2-4,6-9,12H,5,10-11,13H2,1H3. The van der Waals surface area contributed by atoms with Crippen molar-refractivity contribution in [1.82, 2.24) is 4.31 Å². The first-order chi connectivity index (χ1) is 10.3. The Balaban J connectivity index is 1.94. The number of fused-ring (bicyclic) bond motifs is 1. The molecule has 1 aliphatic heterocycles. The summed E-state index contributed by atoms with van der Waals surface area (Å²) in [4.78, 5) is 0. The van der Waals surface area contributed by atoms with Crippen molar-refractivity contribution in [3.05, 3.63) is 59.7 Å². The van der Waals surface area contributed by atoms with Gasteiger partial charge in [0, 0.05) is 31.1 Å². The number of rotatable bonds is 4. The first kappa shape index (κ1) is 14.8. The second kappa shape index (κ2) is 6.73. The molecule has 0 aliphatic carbocycles. The van der Waals surface area contributed by atoms with Crippen LogP contribution in [-0.4, -0.2) is 16.7 Å². The van der Waals surface area contributed by atoms with Gasteiger partial charge in [0.05, 0.1) is 11.4 Å². The minimum atomic E-state index is 0.711. The molecule has 110 valence electrons. The summed E-state index contributed by atoms with van der Waals surface area (Å²) in [5, 5.41) is 0. The number of para-hydroxylation sites is 1. The maximum atomic E-state index is 5.85. The van der Waals surface area contributed by atoms with Crippen LogP contribution in [0.4, 0.5) is 11.4 Å². The van der Waals surface area contributed by atoms with E-state index in [1.807, 2.05) is 0 Å². The van der Waals surface area contributed by atoms with Gasteiger partial charge in [-0.25, -0.2) is 4.31 Å². The molecule has 1 heterocycles. The van der Waals surface area contributed by atoms with Crippen LogP contribution in [0.1, 0.15) is 17.5 Å². The zero-order valence-electron chi connectivity index (χ0n) is 12.1. The van der Waals surface area contributed by atoms with Crippen molar-refractivity contribution in [1.29, 1.82) is 0 Å². The smallest absolute Gasteiger partial charge is 0.0582 e. The van der Waals surface area contributed by atoms with Crippen LogP contribution >= 0.6 is 23.7 Å². The van der Waals surface area contributed by atoms with E-state index in [1.165, 1.54) is 22.5 Å². The van der Waals surface area contributed by atoms with Crippen molar-refractivity contribution in [2.24, 2.45) is 0 Å². The van der Waals surface area contributed by atoms with E-state index in [2.05, 4.69) is 64.1 Å². The van der Waals surface area contributed by atoms with Crippen LogP contribution in [0.15, 0.2) is 48.5 Å². The van der Waals surface area contributed by atoms with Crippen LogP contribution in [-0.2, 0) is 6.54 Å². The van der Waals surface area contributed by atoms with E-state index in [4.69, 9.17) is 11.6 Å². The van der Waals surface area contributed by atoms with E-state index >= 15 is 0 Å². The van der Waals surface area contributed by atoms with Crippen molar-refractivity contribution in [2.75, 3.05) is 16.7 Å².